The Labute approximate surface area is 194 Å². The summed E-state index contributed by atoms with van der Waals surface area (Å²) in [6.07, 6.45) is 0.897. The van der Waals surface area contributed by atoms with Crippen LogP contribution in [0.1, 0.15) is 27.9 Å². The fraction of sp³-hybridized carbons (Fsp3) is 0.435. The first-order chi connectivity index (χ1) is 15.8. The minimum Gasteiger partial charge on any atom is -0.497 e. The average Bonchev–Trinajstić information content (AvgIpc) is 2.84. The van der Waals surface area contributed by atoms with Crippen molar-refractivity contribution in [3.8, 4) is 23.0 Å². The Kier molecular flexibility index (Phi) is 8.04. The summed E-state index contributed by atoms with van der Waals surface area (Å²) in [6, 6.07) is 8.61. The van der Waals surface area contributed by atoms with Crippen molar-refractivity contribution < 1.29 is 32.2 Å². The molecule has 0 bridgehead atoms. The molecule has 0 aromatic heterocycles. The maximum Gasteiger partial charge on any atom is 0.251 e. The number of hydrogen-bond donors (Lipinski definition) is 1. The molecule has 10 heteroatoms. The second-order valence-electron chi connectivity index (χ2n) is 7.59. The summed E-state index contributed by atoms with van der Waals surface area (Å²) in [5, 5.41) is 2.76. The highest BCUT2D eigenvalue weighted by atomic mass is 32.2. The predicted octanol–water partition coefficient (Wildman–Crippen LogP) is 2.23. The van der Waals surface area contributed by atoms with Crippen LogP contribution in [0.5, 0.6) is 23.0 Å². The molecule has 0 saturated carbocycles. The molecule has 1 aliphatic heterocycles. The van der Waals surface area contributed by atoms with E-state index in [-0.39, 0.29) is 24.7 Å². The molecule has 3 rings (SSSR count). The van der Waals surface area contributed by atoms with Gasteiger partial charge in [-0.25, -0.2) is 8.42 Å². The number of sulfonamides is 1. The molecule has 0 radical (unpaired) electrons. The molecule has 0 saturated heterocycles. The van der Waals surface area contributed by atoms with E-state index < -0.39 is 10.0 Å². The van der Waals surface area contributed by atoms with Crippen LogP contribution in [0.4, 0.5) is 0 Å². The minimum absolute atomic E-state index is 0.0582. The summed E-state index contributed by atoms with van der Waals surface area (Å²) in [7, 11) is 2.67. The number of ether oxygens (including phenoxy) is 4. The van der Waals surface area contributed by atoms with Crippen LogP contribution in [-0.2, 0) is 23.0 Å². The van der Waals surface area contributed by atoms with E-state index in [2.05, 4.69) is 5.32 Å². The van der Waals surface area contributed by atoms with Crippen molar-refractivity contribution in [2.24, 2.45) is 0 Å². The van der Waals surface area contributed by atoms with Crippen LogP contribution in [0.2, 0.25) is 0 Å². The molecule has 0 aliphatic carbocycles. The SMILES string of the molecule is COc1cc(OC)cc(C(=O)NCCCS(=O)(=O)N2CCc3cc(OC)c(OC)cc3C2)c1. The molecule has 180 valence electrons. The van der Waals surface area contributed by atoms with Crippen molar-refractivity contribution in [1.29, 1.82) is 0 Å². The van der Waals surface area contributed by atoms with Gasteiger partial charge in [0.15, 0.2) is 11.5 Å². The highest BCUT2D eigenvalue weighted by Crippen LogP contribution is 2.33. The monoisotopic (exact) mass is 478 g/mol. The standard InChI is InChI=1S/C23H30N2O7S/c1-29-19-10-17(11-20(14-19)30-2)23(26)24-7-5-9-33(27,28)25-8-6-16-12-21(31-3)22(32-4)13-18(16)15-25/h10-14H,5-9,15H2,1-4H3,(H,24,26). The molecule has 0 spiro atoms. The Morgan fingerprint density at radius 2 is 1.52 bits per heavy atom. The fourth-order valence-electron chi connectivity index (χ4n) is 3.72. The first-order valence-corrected chi connectivity index (χ1v) is 12.1. The Bertz CT molecular complexity index is 1080. The van der Waals surface area contributed by atoms with Crippen molar-refractivity contribution >= 4 is 15.9 Å². The Balaban J connectivity index is 1.56. The van der Waals surface area contributed by atoms with Gasteiger partial charge in [0.2, 0.25) is 10.0 Å². The third-order valence-corrected chi connectivity index (χ3v) is 7.46. The zero-order valence-electron chi connectivity index (χ0n) is 19.3. The third kappa shape index (κ3) is 5.88. The van der Waals surface area contributed by atoms with E-state index in [0.29, 0.717) is 47.9 Å². The summed E-state index contributed by atoms with van der Waals surface area (Å²) in [5.41, 5.74) is 2.34. The van der Waals surface area contributed by atoms with E-state index in [0.717, 1.165) is 11.1 Å². The van der Waals surface area contributed by atoms with E-state index in [4.69, 9.17) is 18.9 Å². The maximum absolute atomic E-state index is 12.9. The first-order valence-electron chi connectivity index (χ1n) is 10.5. The van der Waals surface area contributed by atoms with Crippen molar-refractivity contribution in [3.63, 3.8) is 0 Å². The largest absolute Gasteiger partial charge is 0.497 e. The third-order valence-electron chi connectivity index (χ3n) is 5.55. The van der Waals surface area contributed by atoms with Crippen LogP contribution < -0.4 is 24.3 Å². The molecule has 1 amide bonds. The fourth-order valence-corrected chi connectivity index (χ4v) is 5.19. The molecule has 0 atom stereocenters. The molecule has 0 fully saturated rings. The summed E-state index contributed by atoms with van der Waals surface area (Å²) >= 11 is 0. The minimum atomic E-state index is -3.48. The molecule has 2 aromatic rings. The van der Waals surface area contributed by atoms with E-state index in [1.165, 1.54) is 18.5 Å². The number of methoxy groups -OCH3 is 4. The van der Waals surface area contributed by atoms with Crippen LogP contribution in [0.25, 0.3) is 0 Å². The van der Waals surface area contributed by atoms with Gasteiger partial charge in [0, 0.05) is 31.3 Å². The number of hydrogen-bond acceptors (Lipinski definition) is 7. The zero-order chi connectivity index (χ0) is 24.0. The lowest BCUT2D eigenvalue weighted by Crippen LogP contribution is -2.38. The van der Waals surface area contributed by atoms with E-state index in [1.54, 1.807) is 32.4 Å². The van der Waals surface area contributed by atoms with E-state index in [9.17, 15) is 13.2 Å². The molecular weight excluding hydrogens is 448 g/mol. The lowest BCUT2D eigenvalue weighted by Gasteiger charge is -2.29. The number of benzene rings is 2. The normalized spacial score (nSPS) is 13.7. The quantitative estimate of drug-likeness (QED) is 0.522. The van der Waals surface area contributed by atoms with Gasteiger partial charge in [-0.05, 0) is 48.2 Å². The van der Waals surface area contributed by atoms with E-state index in [1.807, 2.05) is 12.1 Å². The van der Waals surface area contributed by atoms with Crippen LogP contribution in [0.3, 0.4) is 0 Å². The van der Waals surface area contributed by atoms with E-state index >= 15 is 0 Å². The van der Waals surface area contributed by atoms with Crippen molar-refractivity contribution in [1.82, 2.24) is 9.62 Å². The van der Waals surface area contributed by atoms with Gasteiger partial charge in [0.05, 0.1) is 34.2 Å². The molecule has 1 N–H and O–H groups in total. The van der Waals surface area contributed by atoms with Gasteiger partial charge < -0.3 is 24.3 Å². The summed E-state index contributed by atoms with van der Waals surface area (Å²) < 4.78 is 48.3. The molecular formula is C23H30N2O7S. The first kappa shape index (κ1) is 24.7. The highest BCUT2D eigenvalue weighted by Gasteiger charge is 2.27. The molecule has 9 nitrogen and oxygen atoms in total. The van der Waals surface area contributed by atoms with Gasteiger partial charge in [0.25, 0.3) is 5.91 Å². The smallest absolute Gasteiger partial charge is 0.251 e. The molecule has 1 aliphatic rings. The second kappa shape index (κ2) is 10.8. The van der Waals surface area contributed by atoms with Crippen molar-refractivity contribution in [2.45, 2.75) is 19.4 Å². The number of fused-ring (bicyclic) bond motifs is 1. The molecule has 33 heavy (non-hydrogen) atoms. The Hall–Kier alpha value is -2.98. The number of rotatable bonds is 10. The number of carbonyl (C=O) groups excluding carboxylic acids is 1. The van der Waals surface area contributed by atoms with Gasteiger partial charge in [-0.3, -0.25) is 4.79 Å². The Morgan fingerprint density at radius 3 is 2.09 bits per heavy atom. The van der Waals surface area contributed by atoms with Gasteiger partial charge in [-0.15, -0.1) is 0 Å². The van der Waals surface area contributed by atoms with Crippen molar-refractivity contribution in [2.75, 3.05) is 47.3 Å². The topological polar surface area (TPSA) is 103 Å². The number of nitrogens with one attached hydrogen (secondary N) is 1. The van der Waals surface area contributed by atoms with Crippen LogP contribution in [0.15, 0.2) is 30.3 Å². The van der Waals surface area contributed by atoms with Crippen LogP contribution >= 0.6 is 0 Å². The summed E-state index contributed by atoms with van der Waals surface area (Å²) in [5.74, 6) is 1.84. The summed E-state index contributed by atoms with van der Waals surface area (Å²) in [4.78, 5) is 12.5. The Morgan fingerprint density at radius 1 is 0.909 bits per heavy atom. The predicted molar refractivity (Wildman–Crippen MR) is 124 cm³/mol. The second-order valence-corrected chi connectivity index (χ2v) is 9.67. The van der Waals surface area contributed by atoms with Gasteiger partial charge in [-0.2, -0.15) is 4.31 Å². The molecule has 0 unspecified atom stereocenters. The summed E-state index contributed by atoms with van der Waals surface area (Å²) in [6.45, 7) is 0.918. The van der Waals surface area contributed by atoms with Gasteiger partial charge in [-0.1, -0.05) is 0 Å². The van der Waals surface area contributed by atoms with Gasteiger partial charge >= 0.3 is 0 Å². The lowest BCUT2D eigenvalue weighted by atomic mass is 10.0. The highest BCUT2D eigenvalue weighted by molar-refractivity contribution is 7.89. The molecule has 2 aromatic carbocycles. The van der Waals surface area contributed by atoms with Gasteiger partial charge in [0.1, 0.15) is 11.5 Å². The number of amides is 1. The van der Waals surface area contributed by atoms with Crippen LogP contribution in [0, 0.1) is 0 Å². The average molecular weight is 479 g/mol. The number of carbonyl (C=O) groups is 1. The maximum atomic E-state index is 12.9. The number of nitrogens with zero attached hydrogens (tertiary/aromatic N) is 1. The zero-order valence-corrected chi connectivity index (χ0v) is 20.2. The lowest BCUT2D eigenvalue weighted by molar-refractivity contribution is 0.0953. The van der Waals surface area contributed by atoms with Crippen LogP contribution in [-0.4, -0.2) is 65.9 Å². The van der Waals surface area contributed by atoms with Crippen molar-refractivity contribution in [3.05, 3.63) is 47.0 Å². The molecule has 1 heterocycles.